The van der Waals surface area contributed by atoms with E-state index in [9.17, 15) is 0 Å². The lowest BCUT2D eigenvalue weighted by Crippen LogP contribution is -2.32. The molecule has 0 saturated carbocycles. The Kier molecular flexibility index (Phi) is 5.12. The molecule has 4 N–H and O–H groups in total. The molecule has 2 aromatic rings. The molecule has 0 aliphatic carbocycles. The van der Waals surface area contributed by atoms with Crippen LogP contribution >= 0.6 is 0 Å². The first kappa shape index (κ1) is 16.4. The standard InChI is InChI=1S/C20H28N2/c1-4-5-6-15(2)20(3,16-7-11-18(21)12-8-16)17-9-13-19(22)14-10-17/h7-15H,4-6,21-22H2,1-3H3. The second kappa shape index (κ2) is 6.87. The Balaban J connectivity index is 2.47. The van der Waals surface area contributed by atoms with E-state index in [4.69, 9.17) is 11.5 Å². The van der Waals surface area contributed by atoms with Crippen LogP contribution in [0.25, 0.3) is 0 Å². The van der Waals surface area contributed by atoms with E-state index in [1.165, 1.54) is 30.4 Å². The van der Waals surface area contributed by atoms with Crippen LogP contribution in [0.4, 0.5) is 11.4 Å². The molecule has 0 bridgehead atoms. The van der Waals surface area contributed by atoms with Gasteiger partial charge in [0, 0.05) is 16.8 Å². The first-order valence-corrected chi connectivity index (χ1v) is 8.20. The molecule has 0 fully saturated rings. The van der Waals surface area contributed by atoms with Gasteiger partial charge >= 0.3 is 0 Å². The van der Waals surface area contributed by atoms with E-state index in [2.05, 4.69) is 45.0 Å². The Morgan fingerprint density at radius 3 is 1.64 bits per heavy atom. The zero-order chi connectivity index (χ0) is 16.2. The first-order valence-electron chi connectivity index (χ1n) is 8.20. The van der Waals surface area contributed by atoms with E-state index < -0.39 is 0 Å². The highest BCUT2D eigenvalue weighted by Gasteiger charge is 2.34. The molecule has 0 aromatic heterocycles. The average Bonchev–Trinajstić information content (AvgIpc) is 2.53. The fraction of sp³-hybridized carbons (Fsp3) is 0.400. The van der Waals surface area contributed by atoms with Gasteiger partial charge in [-0.2, -0.15) is 0 Å². The van der Waals surface area contributed by atoms with Crippen molar-refractivity contribution in [2.75, 3.05) is 11.5 Å². The van der Waals surface area contributed by atoms with E-state index in [1.54, 1.807) is 0 Å². The maximum absolute atomic E-state index is 5.87. The summed E-state index contributed by atoms with van der Waals surface area (Å²) in [6.07, 6.45) is 3.69. The second-order valence-corrected chi connectivity index (χ2v) is 6.49. The highest BCUT2D eigenvalue weighted by molar-refractivity contribution is 5.48. The molecule has 2 aromatic carbocycles. The van der Waals surface area contributed by atoms with Gasteiger partial charge in [0.05, 0.1) is 0 Å². The number of nitrogen functional groups attached to an aromatic ring is 2. The molecule has 0 amide bonds. The normalized spacial score (nSPS) is 13.0. The maximum atomic E-state index is 5.87. The minimum atomic E-state index is -0.0312. The van der Waals surface area contributed by atoms with Crippen LogP contribution in [0, 0.1) is 5.92 Å². The largest absolute Gasteiger partial charge is 0.399 e. The molecule has 0 aliphatic rings. The van der Waals surface area contributed by atoms with Crippen molar-refractivity contribution in [1.29, 1.82) is 0 Å². The molecule has 0 aliphatic heterocycles. The SMILES string of the molecule is CCCCC(C)C(C)(c1ccc(N)cc1)c1ccc(N)cc1. The van der Waals surface area contributed by atoms with Crippen LogP contribution in [0.1, 0.15) is 51.2 Å². The molecule has 0 spiro atoms. The van der Waals surface area contributed by atoms with Crippen LogP contribution in [0.5, 0.6) is 0 Å². The van der Waals surface area contributed by atoms with Crippen LogP contribution < -0.4 is 11.5 Å². The quantitative estimate of drug-likeness (QED) is 0.738. The lowest BCUT2D eigenvalue weighted by molar-refractivity contribution is 0.343. The van der Waals surface area contributed by atoms with E-state index in [-0.39, 0.29) is 5.41 Å². The fourth-order valence-electron chi connectivity index (χ4n) is 3.19. The van der Waals surface area contributed by atoms with Crippen molar-refractivity contribution in [3.63, 3.8) is 0 Å². The fourth-order valence-corrected chi connectivity index (χ4v) is 3.19. The van der Waals surface area contributed by atoms with Crippen molar-refractivity contribution in [2.24, 2.45) is 5.92 Å². The molecule has 1 unspecified atom stereocenters. The third-order valence-electron chi connectivity index (χ3n) is 5.00. The number of hydrogen-bond acceptors (Lipinski definition) is 2. The van der Waals surface area contributed by atoms with Gasteiger partial charge in [0.25, 0.3) is 0 Å². The molecule has 0 radical (unpaired) electrons. The Morgan fingerprint density at radius 2 is 1.27 bits per heavy atom. The Morgan fingerprint density at radius 1 is 0.864 bits per heavy atom. The van der Waals surface area contributed by atoms with E-state index in [1.807, 2.05) is 24.3 Å². The van der Waals surface area contributed by atoms with Gasteiger partial charge in [0.2, 0.25) is 0 Å². The third-order valence-corrected chi connectivity index (χ3v) is 5.00. The smallest absolute Gasteiger partial charge is 0.0314 e. The van der Waals surface area contributed by atoms with Crippen molar-refractivity contribution in [1.82, 2.24) is 0 Å². The number of benzene rings is 2. The number of nitrogens with two attached hydrogens (primary N) is 2. The van der Waals surface area contributed by atoms with Gasteiger partial charge in [0.15, 0.2) is 0 Å². The molecular formula is C20H28N2. The van der Waals surface area contributed by atoms with Crippen LogP contribution in [-0.2, 0) is 5.41 Å². The van der Waals surface area contributed by atoms with Crippen LogP contribution in [0.2, 0.25) is 0 Å². The average molecular weight is 296 g/mol. The molecule has 0 saturated heterocycles. The summed E-state index contributed by atoms with van der Waals surface area (Å²) >= 11 is 0. The summed E-state index contributed by atoms with van der Waals surface area (Å²) in [6.45, 7) is 6.93. The molecular weight excluding hydrogens is 268 g/mol. The first-order chi connectivity index (χ1) is 10.5. The number of anilines is 2. The Hall–Kier alpha value is -1.96. The van der Waals surface area contributed by atoms with Crippen molar-refractivity contribution in [3.8, 4) is 0 Å². The minimum Gasteiger partial charge on any atom is -0.399 e. The van der Waals surface area contributed by atoms with E-state index in [0.29, 0.717) is 5.92 Å². The van der Waals surface area contributed by atoms with Gasteiger partial charge in [-0.25, -0.2) is 0 Å². The summed E-state index contributed by atoms with van der Waals surface area (Å²) in [5, 5.41) is 0. The van der Waals surface area contributed by atoms with Crippen LogP contribution in [0.15, 0.2) is 48.5 Å². The molecule has 118 valence electrons. The molecule has 1 atom stereocenters. The molecule has 2 heteroatoms. The summed E-state index contributed by atoms with van der Waals surface area (Å²) in [6, 6.07) is 16.6. The van der Waals surface area contributed by atoms with Gasteiger partial charge in [-0.05, 0) is 47.7 Å². The zero-order valence-corrected chi connectivity index (χ0v) is 14.0. The summed E-state index contributed by atoms with van der Waals surface area (Å²) in [4.78, 5) is 0. The molecule has 2 nitrogen and oxygen atoms in total. The maximum Gasteiger partial charge on any atom is 0.0314 e. The van der Waals surface area contributed by atoms with Gasteiger partial charge in [0.1, 0.15) is 0 Å². The lowest BCUT2D eigenvalue weighted by Gasteiger charge is -2.37. The summed E-state index contributed by atoms with van der Waals surface area (Å²) < 4.78 is 0. The van der Waals surface area contributed by atoms with Crippen molar-refractivity contribution >= 4 is 11.4 Å². The second-order valence-electron chi connectivity index (χ2n) is 6.49. The van der Waals surface area contributed by atoms with Crippen molar-refractivity contribution < 1.29 is 0 Å². The Bertz CT molecular complexity index is 539. The minimum absolute atomic E-state index is 0.0312. The number of hydrogen-bond donors (Lipinski definition) is 2. The summed E-state index contributed by atoms with van der Waals surface area (Å²) in [5.41, 5.74) is 16.0. The van der Waals surface area contributed by atoms with Crippen LogP contribution in [0.3, 0.4) is 0 Å². The third kappa shape index (κ3) is 3.27. The molecule has 2 rings (SSSR count). The number of unbranched alkanes of at least 4 members (excludes halogenated alkanes) is 1. The lowest BCUT2D eigenvalue weighted by atomic mass is 9.66. The predicted molar refractivity (Wildman–Crippen MR) is 96.9 cm³/mol. The zero-order valence-electron chi connectivity index (χ0n) is 14.0. The Labute approximate surface area is 134 Å². The van der Waals surface area contributed by atoms with Crippen molar-refractivity contribution in [2.45, 2.75) is 45.4 Å². The van der Waals surface area contributed by atoms with Gasteiger partial charge in [-0.1, -0.05) is 57.9 Å². The predicted octanol–water partition coefficient (Wildman–Crippen LogP) is 4.98. The van der Waals surface area contributed by atoms with Crippen LogP contribution in [-0.4, -0.2) is 0 Å². The highest BCUT2D eigenvalue weighted by atomic mass is 14.5. The van der Waals surface area contributed by atoms with Gasteiger partial charge in [-0.15, -0.1) is 0 Å². The van der Waals surface area contributed by atoms with Gasteiger partial charge in [-0.3, -0.25) is 0 Å². The monoisotopic (exact) mass is 296 g/mol. The summed E-state index contributed by atoms with van der Waals surface area (Å²) in [7, 11) is 0. The number of rotatable bonds is 6. The highest BCUT2D eigenvalue weighted by Crippen LogP contribution is 2.41. The van der Waals surface area contributed by atoms with Crippen molar-refractivity contribution in [3.05, 3.63) is 59.7 Å². The topological polar surface area (TPSA) is 52.0 Å². The molecule has 0 heterocycles. The van der Waals surface area contributed by atoms with Gasteiger partial charge < -0.3 is 11.5 Å². The summed E-state index contributed by atoms with van der Waals surface area (Å²) in [5.74, 6) is 0.541. The molecule has 22 heavy (non-hydrogen) atoms. The van der Waals surface area contributed by atoms with E-state index >= 15 is 0 Å². The van der Waals surface area contributed by atoms with E-state index in [0.717, 1.165) is 11.4 Å².